The number of unbranched alkanes of at least 4 members (excludes halogenated alkanes) is 3. The Morgan fingerprint density at radius 1 is 0.870 bits per heavy atom. The van der Waals surface area contributed by atoms with Crippen molar-refractivity contribution < 1.29 is 9.47 Å². The van der Waals surface area contributed by atoms with Gasteiger partial charge in [-0.25, -0.2) is 4.68 Å². The van der Waals surface area contributed by atoms with Crippen molar-refractivity contribution in [2.45, 2.75) is 32.6 Å². The molecule has 232 valence electrons. The predicted molar refractivity (Wildman–Crippen MR) is 186 cm³/mol. The van der Waals surface area contributed by atoms with Crippen LogP contribution < -0.4 is 19.6 Å². The van der Waals surface area contributed by atoms with E-state index in [0.717, 1.165) is 46.0 Å². The van der Waals surface area contributed by atoms with Crippen molar-refractivity contribution in [2.24, 2.45) is 0 Å². The topological polar surface area (TPSA) is 83.5 Å². The zero-order valence-electron chi connectivity index (χ0n) is 25.7. The first-order chi connectivity index (χ1) is 22.6. The summed E-state index contributed by atoms with van der Waals surface area (Å²) in [5.41, 5.74) is 4.19. The number of aromatic nitrogens is 5. The van der Waals surface area contributed by atoms with Gasteiger partial charge < -0.3 is 9.47 Å². The average Bonchev–Trinajstić information content (AvgIpc) is 3.78. The molecule has 8 nitrogen and oxygen atoms in total. The summed E-state index contributed by atoms with van der Waals surface area (Å²) in [5, 5.41) is 9.38. The molecule has 3 aromatic carbocycles. The van der Waals surface area contributed by atoms with Gasteiger partial charge in [0.2, 0.25) is 4.96 Å². The number of hydrogen-bond donors (Lipinski definition) is 0. The van der Waals surface area contributed by atoms with Crippen LogP contribution in [0.2, 0.25) is 0 Å². The molecule has 0 saturated heterocycles. The van der Waals surface area contributed by atoms with Gasteiger partial charge in [0, 0.05) is 17.3 Å². The molecule has 0 aliphatic carbocycles. The molecule has 6 aromatic rings. The van der Waals surface area contributed by atoms with Crippen LogP contribution in [0, 0.1) is 0 Å². The van der Waals surface area contributed by atoms with Crippen LogP contribution in [0.3, 0.4) is 0 Å². The van der Waals surface area contributed by atoms with Crippen molar-refractivity contribution in [1.29, 1.82) is 0 Å². The molecular weight excluding hydrogens is 595 g/mol. The summed E-state index contributed by atoms with van der Waals surface area (Å²) in [6, 6.07) is 25.6. The number of hydrogen-bond acceptors (Lipinski definition) is 7. The van der Waals surface area contributed by atoms with E-state index in [0.29, 0.717) is 28.5 Å². The van der Waals surface area contributed by atoms with E-state index in [4.69, 9.17) is 14.6 Å². The van der Waals surface area contributed by atoms with Crippen molar-refractivity contribution >= 4 is 34.5 Å². The van der Waals surface area contributed by atoms with E-state index in [-0.39, 0.29) is 5.56 Å². The molecule has 0 N–H and O–H groups in total. The summed E-state index contributed by atoms with van der Waals surface area (Å²) in [6.45, 7) is 7.03. The van der Waals surface area contributed by atoms with Crippen molar-refractivity contribution in [3.63, 3.8) is 0 Å². The van der Waals surface area contributed by atoms with Gasteiger partial charge >= 0.3 is 0 Å². The Kier molecular flexibility index (Phi) is 9.80. The van der Waals surface area contributed by atoms with Crippen molar-refractivity contribution in [3.8, 4) is 28.4 Å². The zero-order chi connectivity index (χ0) is 31.7. The fourth-order valence-corrected chi connectivity index (χ4v) is 5.83. The molecule has 0 unspecified atom stereocenters. The molecule has 9 heteroatoms. The fourth-order valence-electron chi connectivity index (χ4n) is 4.92. The van der Waals surface area contributed by atoms with E-state index in [1.54, 1.807) is 12.2 Å². The molecule has 0 fully saturated rings. The highest BCUT2D eigenvalue weighted by Gasteiger charge is 2.14. The molecule has 6 rings (SSSR count). The van der Waals surface area contributed by atoms with Crippen molar-refractivity contribution in [1.82, 2.24) is 24.4 Å². The van der Waals surface area contributed by atoms with E-state index in [9.17, 15) is 4.79 Å². The molecule has 0 radical (unpaired) electrons. The van der Waals surface area contributed by atoms with Gasteiger partial charge in [0.15, 0.2) is 5.82 Å². The molecule has 0 aliphatic rings. The van der Waals surface area contributed by atoms with Gasteiger partial charge in [-0.1, -0.05) is 86.6 Å². The molecule has 0 amide bonds. The second kappa shape index (κ2) is 14.7. The van der Waals surface area contributed by atoms with Gasteiger partial charge in [-0.15, -0.1) is 5.10 Å². The highest BCUT2D eigenvalue weighted by Crippen LogP contribution is 2.27. The average molecular weight is 630 g/mol. The molecule has 46 heavy (non-hydrogen) atoms. The number of rotatable bonds is 14. The summed E-state index contributed by atoms with van der Waals surface area (Å²) in [4.78, 5) is 18.5. The van der Waals surface area contributed by atoms with Gasteiger partial charge in [0.05, 0.1) is 16.8 Å². The van der Waals surface area contributed by atoms with Crippen LogP contribution in [0.15, 0.2) is 103 Å². The van der Waals surface area contributed by atoms with Crippen LogP contribution in [-0.4, -0.2) is 37.6 Å². The van der Waals surface area contributed by atoms with Gasteiger partial charge in [-0.2, -0.15) is 14.6 Å². The minimum atomic E-state index is -0.221. The van der Waals surface area contributed by atoms with Crippen LogP contribution in [0.4, 0.5) is 0 Å². The predicted octanol–water partition coefficient (Wildman–Crippen LogP) is 7.25. The molecular formula is C37H35N5O3S. The van der Waals surface area contributed by atoms with E-state index in [2.05, 4.69) is 23.6 Å². The summed E-state index contributed by atoms with van der Waals surface area (Å²) >= 11 is 1.30. The molecule has 0 atom stereocenters. The first kappa shape index (κ1) is 30.7. The van der Waals surface area contributed by atoms with E-state index in [1.165, 1.54) is 35.1 Å². The molecule has 3 aromatic heterocycles. The number of ether oxygens (including phenoxy) is 2. The smallest absolute Gasteiger partial charge is 0.291 e. The monoisotopic (exact) mass is 629 g/mol. The Labute approximate surface area is 271 Å². The lowest BCUT2D eigenvalue weighted by Gasteiger charge is -2.07. The number of benzene rings is 3. The Morgan fingerprint density at radius 3 is 2.37 bits per heavy atom. The third-order valence-corrected chi connectivity index (χ3v) is 8.27. The molecule has 3 heterocycles. The minimum Gasteiger partial charge on any atom is -0.494 e. The second-order valence-corrected chi connectivity index (χ2v) is 11.7. The largest absolute Gasteiger partial charge is 0.494 e. The zero-order valence-corrected chi connectivity index (χ0v) is 26.5. The van der Waals surface area contributed by atoms with E-state index < -0.39 is 0 Å². The number of para-hydroxylation sites is 1. The van der Waals surface area contributed by atoms with Crippen LogP contribution in [-0.2, 0) is 0 Å². The summed E-state index contributed by atoms with van der Waals surface area (Å²) in [7, 11) is 0. The first-order valence-electron chi connectivity index (χ1n) is 15.4. The second-order valence-electron chi connectivity index (χ2n) is 10.7. The maximum atomic E-state index is 13.4. The van der Waals surface area contributed by atoms with Gasteiger partial charge in [-0.3, -0.25) is 4.79 Å². The number of fused-ring (bicyclic) bond motifs is 1. The van der Waals surface area contributed by atoms with Gasteiger partial charge in [0.1, 0.15) is 23.8 Å². The normalized spacial score (nSPS) is 11.9. The summed E-state index contributed by atoms with van der Waals surface area (Å²) in [5.74, 6) is 2.07. The lowest BCUT2D eigenvalue weighted by molar-refractivity contribution is 0.305. The maximum Gasteiger partial charge on any atom is 0.291 e. The van der Waals surface area contributed by atoms with Gasteiger partial charge in [-0.05, 0) is 72.7 Å². The van der Waals surface area contributed by atoms with Crippen molar-refractivity contribution in [2.75, 3.05) is 13.2 Å². The maximum absolute atomic E-state index is 13.4. The lowest BCUT2D eigenvalue weighted by atomic mass is 10.1. The van der Waals surface area contributed by atoms with Crippen LogP contribution >= 0.6 is 11.3 Å². The Hall–Kier alpha value is -5.28. The molecule has 0 aliphatic heterocycles. The number of thiazole rings is 1. The third kappa shape index (κ3) is 7.33. The van der Waals surface area contributed by atoms with E-state index in [1.807, 2.05) is 102 Å². The third-order valence-electron chi connectivity index (χ3n) is 7.32. The Morgan fingerprint density at radius 2 is 1.63 bits per heavy atom. The highest BCUT2D eigenvalue weighted by atomic mass is 32.1. The molecule has 0 saturated carbocycles. The quantitative estimate of drug-likeness (QED) is 0.0933. The van der Waals surface area contributed by atoms with Gasteiger partial charge in [0.25, 0.3) is 5.56 Å². The van der Waals surface area contributed by atoms with Crippen molar-refractivity contribution in [3.05, 3.63) is 130 Å². The Balaban J connectivity index is 1.26. The minimum absolute atomic E-state index is 0.221. The van der Waals surface area contributed by atoms with Crippen LogP contribution in [0.25, 0.3) is 40.1 Å². The Bertz CT molecular complexity index is 2040. The van der Waals surface area contributed by atoms with Crippen LogP contribution in [0.1, 0.15) is 49.6 Å². The highest BCUT2D eigenvalue weighted by molar-refractivity contribution is 7.15. The first-order valence-corrected chi connectivity index (χ1v) is 16.2. The standard InChI is InChI=1S/C37H35N5O3S/c1-3-5-6-10-24-45-32-20-16-28(17-21-32)35-29(26-41(40-35)30-11-8-7-9-12-30)25-33-36(43)42-37(46-33)38-34(39-42)22-15-27-13-18-31(19-14-27)44-23-4-2/h4,7-9,11-22,25-26H,2-3,5-6,10,23-24H2,1H3/b22-15+,33-25-. The fraction of sp³-hybridized carbons (Fsp3) is 0.189. The van der Waals surface area contributed by atoms with Crippen LogP contribution in [0.5, 0.6) is 11.5 Å². The number of nitrogens with zero attached hydrogens (tertiary/aromatic N) is 5. The lowest BCUT2D eigenvalue weighted by Crippen LogP contribution is -2.23. The molecule has 0 bridgehead atoms. The SMILES string of the molecule is C=CCOc1ccc(/C=C/c2nc3s/c(=C\c4cn(-c5ccccc5)nc4-c4ccc(OCCCCCC)cc4)c(=O)n3n2)cc1. The summed E-state index contributed by atoms with van der Waals surface area (Å²) < 4.78 is 15.2. The summed E-state index contributed by atoms with van der Waals surface area (Å²) in [6.07, 6.45) is 13.9. The molecule has 0 spiro atoms. The van der Waals surface area contributed by atoms with E-state index >= 15 is 0 Å².